The Morgan fingerprint density at radius 2 is 2.43 bits per heavy atom. The maximum absolute atomic E-state index is 4.23. The summed E-state index contributed by atoms with van der Waals surface area (Å²) in [6.07, 6.45) is 3.39. The lowest BCUT2D eigenvalue weighted by Gasteiger charge is -2.12. The van der Waals surface area contributed by atoms with Crippen molar-refractivity contribution in [3.63, 3.8) is 0 Å². The molecule has 0 aliphatic heterocycles. The van der Waals surface area contributed by atoms with Gasteiger partial charge in [-0.1, -0.05) is 0 Å². The average molecular weight is 230 g/mol. The van der Waals surface area contributed by atoms with E-state index in [4.69, 9.17) is 0 Å². The summed E-state index contributed by atoms with van der Waals surface area (Å²) in [7, 11) is 0. The predicted molar refractivity (Wildman–Crippen MR) is 66.2 cm³/mol. The van der Waals surface area contributed by atoms with Crippen molar-refractivity contribution in [3.05, 3.63) is 16.1 Å². The van der Waals surface area contributed by atoms with Crippen LogP contribution in [0, 0.1) is 6.92 Å². The Labute approximate surface area is 94.5 Å². The van der Waals surface area contributed by atoms with Crippen molar-refractivity contribution in [2.45, 2.75) is 32.9 Å². The van der Waals surface area contributed by atoms with Crippen LogP contribution in [0.5, 0.6) is 0 Å². The molecule has 0 bridgehead atoms. The minimum absolute atomic E-state index is 0.601. The summed E-state index contributed by atoms with van der Waals surface area (Å²) >= 11 is 3.64. The van der Waals surface area contributed by atoms with Gasteiger partial charge < -0.3 is 5.32 Å². The zero-order chi connectivity index (χ0) is 10.4. The van der Waals surface area contributed by atoms with Crippen LogP contribution >= 0.6 is 23.1 Å². The van der Waals surface area contributed by atoms with Crippen molar-refractivity contribution in [3.8, 4) is 0 Å². The molecular weight excluding hydrogens is 212 g/mol. The lowest BCUT2D eigenvalue weighted by atomic mass is 10.2. The Morgan fingerprint density at radius 1 is 1.64 bits per heavy atom. The molecule has 0 aromatic carbocycles. The number of thiazole rings is 1. The quantitative estimate of drug-likeness (QED) is 0.813. The van der Waals surface area contributed by atoms with Gasteiger partial charge in [0.05, 0.1) is 11.2 Å². The molecule has 2 nitrogen and oxygen atoms in total. The highest BCUT2D eigenvalue weighted by Gasteiger charge is 2.04. The number of nitrogens with zero attached hydrogens (tertiary/aromatic N) is 1. The van der Waals surface area contributed by atoms with Gasteiger partial charge in [-0.2, -0.15) is 11.8 Å². The van der Waals surface area contributed by atoms with Crippen molar-refractivity contribution in [2.24, 2.45) is 0 Å². The van der Waals surface area contributed by atoms with Crippen LogP contribution in [-0.2, 0) is 6.54 Å². The molecule has 1 aromatic rings. The van der Waals surface area contributed by atoms with Crippen LogP contribution in [0.25, 0.3) is 0 Å². The Kier molecular flexibility index (Phi) is 5.52. The van der Waals surface area contributed by atoms with Crippen molar-refractivity contribution in [1.82, 2.24) is 10.3 Å². The SMILES string of the molecule is CSCCC(C)NCc1scnc1C. The van der Waals surface area contributed by atoms with Crippen molar-refractivity contribution in [2.75, 3.05) is 12.0 Å². The molecule has 0 fully saturated rings. The van der Waals surface area contributed by atoms with Gasteiger partial charge in [0.25, 0.3) is 0 Å². The number of nitrogens with one attached hydrogen (secondary N) is 1. The van der Waals surface area contributed by atoms with Gasteiger partial charge in [-0.05, 0) is 32.3 Å². The molecule has 0 aliphatic rings. The molecule has 0 spiro atoms. The fraction of sp³-hybridized carbons (Fsp3) is 0.700. The molecule has 1 N–H and O–H groups in total. The first-order valence-electron chi connectivity index (χ1n) is 4.85. The molecule has 1 heterocycles. The van der Waals surface area contributed by atoms with Crippen LogP contribution in [0.4, 0.5) is 0 Å². The molecular formula is C10H18N2S2. The van der Waals surface area contributed by atoms with E-state index in [1.807, 2.05) is 17.3 Å². The molecule has 0 radical (unpaired) electrons. The van der Waals surface area contributed by atoms with Gasteiger partial charge in [0.2, 0.25) is 0 Å². The Bertz CT molecular complexity index is 260. The number of hydrogen-bond donors (Lipinski definition) is 1. The molecule has 80 valence electrons. The first kappa shape index (κ1) is 12.0. The largest absolute Gasteiger partial charge is 0.309 e. The lowest BCUT2D eigenvalue weighted by molar-refractivity contribution is 0.539. The van der Waals surface area contributed by atoms with Gasteiger partial charge in [-0.3, -0.25) is 0 Å². The fourth-order valence-electron chi connectivity index (χ4n) is 1.16. The summed E-state index contributed by atoms with van der Waals surface area (Å²) in [6.45, 7) is 5.28. The maximum Gasteiger partial charge on any atom is 0.0798 e. The Morgan fingerprint density at radius 3 is 3.00 bits per heavy atom. The second-order valence-corrected chi connectivity index (χ2v) is 5.35. The fourth-order valence-corrected chi connectivity index (χ4v) is 2.48. The standard InChI is InChI=1S/C10H18N2S2/c1-8(4-5-13-3)11-6-10-9(2)12-7-14-10/h7-8,11H,4-6H2,1-3H3. The zero-order valence-electron chi connectivity index (χ0n) is 9.04. The van der Waals surface area contributed by atoms with E-state index in [1.165, 1.54) is 22.7 Å². The summed E-state index contributed by atoms with van der Waals surface area (Å²) in [6, 6.07) is 0.601. The number of aromatic nitrogens is 1. The van der Waals surface area contributed by atoms with E-state index in [0.717, 1.165) is 6.54 Å². The van der Waals surface area contributed by atoms with Crippen LogP contribution < -0.4 is 5.32 Å². The van der Waals surface area contributed by atoms with E-state index < -0.39 is 0 Å². The van der Waals surface area contributed by atoms with Gasteiger partial charge >= 0.3 is 0 Å². The lowest BCUT2D eigenvalue weighted by Crippen LogP contribution is -2.25. The van der Waals surface area contributed by atoms with Crippen molar-refractivity contribution >= 4 is 23.1 Å². The van der Waals surface area contributed by atoms with Gasteiger partial charge in [0.15, 0.2) is 0 Å². The summed E-state index contributed by atoms with van der Waals surface area (Å²) in [5, 5.41) is 3.52. The van der Waals surface area contributed by atoms with Gasteiger partial charge in [0.1, 0.15) is 0 Å². The number of rotatable bonds is 6. The second-order valence-electron chi connectivity index (χ2n) is 3.42. The second kappa shape index (κ2) is 6.43. The minimum atomic E-state index is 0.601. The summed E-state index contributed by atoms with van der Waals surface area (Å²) in [4.78, 5) is 5.59. The molecule has 4 heteroatoms. The van der Waals surface area contributed by atoms with E-state index in [1.54, 1.807) is 11.3 Å². The molecule has 0 amide bonds. The van der Waals surface area contributed by atoms with Crippen molar-refractivity contribution in [1.29, 1.82) is 0 Å². The van der Waals surface area contributed by atoms with Crippen molar-refractivity contribution < 1.29 is 0 Å². The van der Waals surface area contributed by atoms with Gasteiger partial charge in [-0.15, -0.1) is 11.3 Å². The van der Waals surface area contributed by atoms with Gasteiger partial charge in [0, 0.05) is 17.5 Å². The van der Waals surface area contributed by atoms with Crippen LogP contribution in [0.15, 0.2) is 5.51 Å². The summed E-state index contributed by atoms with van der Waals surface area (Å²) < 4.78 is 0. The number of hydrogen-bond acceptors (Lipinski definition) is 4. The number of thioether (sulfide) groups is 1. The Balaban J connectivity index is 2.23. The van der Waals surface area contributed by atoms with E-state index in [-0.39, 0.29) is 0 Å². The summed E-state index contributed by atoms with van der Waals surface area (Å²) in [5.74, 6) is 1.23. The smallest absolute Gasteiger partial charge is 0.0798 e. The highest BCUT2D eigenvalue weighted by atomic mass is 32.2. The third-order valence-electron chi connectivity index (χ3n) is 2.21. The maximum atomic E-state index is 4.23. The Hall–Kier alpha value is -0.0600. The molecule has 1 aromatic heterocycles. The molecule has 0 saturated carbocycles. The number of aryl methyl sites for hydroxylation is 1. The first-order valence-corrected chi connectivity index (χ1v) is 7.12. The highest BCUT2D eigenvalue weighted by Crippen LogP contribution is 2.12. The third kappa shape index (κ3) is 3.98. The van der Waals surface area contributed by atoms with Crippen LogP contribution in [0.1, 0.15) is 23.9 Å². The third-order valence-corrected chi connectivity index (χ3v) is 3.79. The van der Waals surface area contributed by atoms with Crippen LogP contribution in [-0.4, -0.2) is 23.0 Å². The normalized spacial score (nSPS) is 13.1. The zero-order valence-corrected chi connectivity index (χ0v) is 10.7. The van der Waals surface area contributed by atoms with E-state index in [9.17, 15) is 0 Å². The molecule has 1 atom stereocenters. The van der Waals surface area contributed by atoms with Gasteiger partial charge in [-0.25, -0.2) is 4.98 Å². The molecule has 1 unspecified atom stereocenters. The van der Waals surface area contributed by atoms with Crippen LogP contribution in [0.3, 0.4) is 0 Å². The van der Waals surface area contributed by atoms with Crippen LogP contribution in [0.2, 0.25) is 0 Å². The molecule has 1 rings (SSSR count). The van der Waals surface area contributed by atoms with E-state index in [2.05, 4.69) is 30.4 Å². The average Bonchev–Trinajstić information content (AvgIpc) is 2.58. The van der Waals surface area contributed by atoms with E-state index >= 15 is 0 Å². The van der Waals surface area contributed by atoms with E-state index in [0.29, 0.717) is 6.04 Å². The highest BCUT2D eigenvalue weighted by molar-refractivity contribution is 7.98. The first-order chi connectivity index (χ1) is 6.74. The monoisotopic (exact) mass is 230 g/mol. The summed E-state index contributed by atoms with van der Waals surface area (Å²) in [5.41, 5.74) is 3.08. The topological polar surface area (TPSA) is 24.9 Å². The molecule has 14 heavy (non-hydrogen) atoms. The minimum Gasteiger partial charge on any atom is -0.309 e. The molecule has 0 aliphatic carbocycles. The molecule has 0 saturated heterocycles. The predicted octanol–water partition coefficient (Wildman–Crippen LogP) is 2.68.